The minimum Gasteiger partial charge on any atom is -0.487 e. The minimum atomic E-state index is -0.948. The molecule has 4 aromatic rings. The maximum atomic E-state index is 12.8. The summed E-state index contributed by atoms with van der Waals surface area (Å²) in [6.07, 6.45) is 3.19. The second kappa shape index (κ2) is 15.7. The molecule has 0 saturated carbocycles. The molecular weight excluding hydrogens is 580 g/mol. The van der Waals surface area contributed by atoms with Gasteiger partial charge in [0, 0.05) is 43.1 Å². The highest BCUT2D eigenvalue weighted by Crippen LogP contribution is 2.35. The first-order chi connectivity index (χ1) is 22.1. The number of esters is 1. The van der Waals surface area contributed by atoms with Crippen LogP contribution >= 0.6 is 0 Å². The first kappa shape index (κ1) is 31.5. The summed E-state index contributed by atoms with van der Waals surface area (Å²) < 4.78 is 27.5. The van der Waals surface area contributed by atoms with Crippen LogP contribution in [-0.2, 0) is 25.6 Å². The number of fused-ring (bicyclic) bond motifs is 1. The summed E-state index contributed by atoms with van der Waals surface area (Å²) in [6.45, 7) is 1.22. The third kappa shape index (κ3) is 8.16. The van der Waals surface area contributed by atoms with Crippen molar-refractivity contribution in [3.8, 4) is 11.5 Å². The number of hydrogen-bond donors (Lipinski definition) is 4. The first-order valence-electron chi connectivity index (χ1n) is 14.3. The maximum Gasteiger partial charge on any atom is 0.333 e. The van der Waals surface area contributed by atoms with Gasteiger partial charge in [-0.1, -0.05) is 42.5 Å². The molecule has 236 valence electrons. The summed E-state index contributed by atoms with van der Waals surface area (Å²) in [5, 5.41) is 15.6. The van der Waals surface area contributed by atoms with Gasteiger partial charge in [0.2, 0.25) is 0 Å². The number of hydrazine groups is 2. The summed E-state index contributed by atoms with van der Waals surface area (Å²) >= 11 is 0. The van der Waals surface area contributed by atoms with Gasteiger partial charge >= 0.3 is 5.97 Å². The fraction of sp³-hybridized carbons (Fsp3) is 0.281. The van der Waals surface area contributed by atoms with Crippen molar-refractivity contribution in [2.75, 3.05) is 52.6 Å². The van der Waals surface area contributed by atoms with Crippen LogP contribution in [0.3, 0.4) is 0 Å². The van der Waals surface area contributed by atoms with Crippen molar-refractivity contribution in [2.24, 2.45) is 0 Å². The predicted octanol–water partition coefficient (Wildman–Crippen LogP) is 3.15. The van der Waals surface area contributed by atoms with Crippen molar-refractivity contribution in [1.29, 1.82) is 0 Å². The number of ether oxygens (including phenoxy) is 5. The highest BCUT2D eigenvalue weighted by Gasteiger charge is 2.29. The molecule has 5 rings (SSSR count). The smallest absolute Gasteiger partial charge is 0.333 e. The third-order valence-corrected chi connectivity index (χ3v) is 6.82. The molecule has 45 heavy (non-hydrogen) atoms. The Morgan fingerprint density at radius 3 is 2.42 bits per heavy atom. The van der Waals surface area contributed by atoms with E-state index >= 15 is 0 Å². The highest BCUT2D eigenvalue weighted by atomic mass is 16.6. The number of aromatic nitrogens is 2. The van der Waals surface area contributed by atoms with E-state index in [9.17, 15) is 9.90 Å². The zero-order valence-corrected chi connectivity index (χ0v) is 25.1. The number of aliphatic hydroxyl groups excluding tert-OH is 1. The monoisotopic (exact) mass is 616 g/mol. The number of nitrogens with zero attached hydrogens (tertiary/aromatic N) is 3. The van der Waals surface area contributed by atoms with Gasteiger partial charge in [0.15, 0.2) is 17.5 Å². The van der Waals surface area contributed by atoms with E-state index in [1.165, 1.54) is 11.3 Å². The number of hydrogen-bond acceptors (Lipinski definition) is 13. The van der Waals surface area contributed by atoms with Gasteiger partial charge in [0.25, 0.3) is 0 Å². The summed E-state index contributed by atoms with van der Waals surface area (Å²) in [6, 6.07) is 19.7. The zero-order valence-electron chi connectivity index (χ0n) is 25.1. The Labute approximate surface area is 260 Å². The second-order valence-corrected chi connectivity index (χ2v) is 9.91. The Kier molecular flexibility index (Phi) is 11.0. The topological polar surface area (TPSA) is 149 Å². The van der Waals surface area contributed by atoms with E-state index in [0.29, 0.717) is 55.0 Å². The summed E-state index contributed by atoms with van der Waals surface area (Å²) in [7, 11) is 3.22. The predicted molar refractivity (Wildman–Crippen MR) is 167 cm³/mol. The molecule has 0 saturated heterocycles. The summed E-state index contributed by atoms with van der Waals surface area (Å²) in [4.78, 5) is 21.7. The second-order valence-electron chi connectivity index (χ2n) is 9.91. The molecule has 1 aliphatic rings. The van der Waals surface area contributed by atoms with E-state index in [1.807, 2.05) is 66.7 Å². The lowest BCUT2D eigenvalue weighted by Gasteiger charge is -2.23. The molecule has 13 heteroatoms. The van der Waals surface area contributed by atoms with Crippen LogP contribution in [0.5, 0.6) is 11.5 Å². The van der Waals surface area contributed by atoms with Gasteiger partial charge in [-0.25, -0.2) is 14.8 Å². The van der Waals surface area contributed by atoms with Crippen LogP contribution in [0.2, 0.25) is 0 Å². The molecule has 0 aliphatic carbocycles. The lowest BCUT2D eigenvalue weighted by molar-refractivity contribution is -0.153. The SMILES string of the molecule is COCCOc1cc2ncnc(Nc3cccc(C4=CN([C@H](CO)C(=O)OCc5ccccc5)NN4)c3)c2cc1OCCOC. The van der Waals surface area contributed by atoms with Crippen molar-refractivity contribution in [3.63, 3.8) is 0 Å². The van der Waals surface area contributed by atoms with Crippen LogP contribution in [0, 0.1) is 0 Å². The quantitative estimate of drug-likeness (QED) is 0.108. The van der Waals surface area contributed by atoms with Gasteiger partial charge in [-0.15, -0.1) is 5.53 Å². The molecule has 1 atom stereocenters. The number of carbonyl (C=O) groups is 1. The van der Waals surface area contributed by atoms with Crippen molar-refractivity contribution in [3.05, 3.63) is 90.4 Å². The average Bonchev–Trinajstić information content (AvgIpc) is 3.55. The number of anilines is 2. The van der Waals surface area contributed by atoms with E-state index in [-0.39, 0.29) is 6.61 Å². The Balaban J connectivity index is 1.32. The number of carbonyl (C=O) groups excluding carboxylic acids is 1. The number of aliphatic hydroxyl groups is 1. The molecule has 0 unspecified atom stereocenters. The van der Waals surface area contributed by atoms with Crippen molar-refractivity contribution < 1.29 is 33.6 Å². The molecule has 0 fully saturated rings. The summed E-state index contributed by atoms with van der Waals surface area (Å²) in [5.74, 6) is 1.10. The molecule has 0 spiro atoms. The van der Waals surface area contributed by atoms with Crippen LogP contribution < -0.4 is 25.8 Å². The fourth-order valence-electron chi connectivity index (χ4n) is 4.50. The Morgan fingerprint density at radius 2 is 1.69 bits per heavy atom. The normalized spacial score (nSPS) is 13.2. The van der Waals surface area contributed by atoms with E-state index in [1.54, 1.807) is 20.4 Å². The molecule has 1 aromatic heterocycles. The van der Waals surface area contributed by atoms with Gasteiger partial charge in [-0.05, 0) is 23.8 Å². The Hall–Kier alpha value is -4.95. The third-order valence-electron chi connectivity index (χ3n) is 6.82. The van der Waals surface area contributed by atoms with Gasteiger partial charge in [-0.2, -0.15) is 0 Å². The van der Waals surface area contributed by atoms with Crippen LogP contribution in [0.4, 0.5) is 11.5 Å². The highest BCUT2D eigenvalue weighted by molar-refractivity contribution is 5.93. The van der Waals surface area contributed by atoms with E-state index in [0.717, 1.165) is 22.2 Å². The van der Waals surface area contributed by atoms with Crippen molar-refractivity contribution in [2.45, 2.75) is 12.6 Å². The molecular formula is C32H36N6O7. The van der Waals surface area contributed by atoms with Gasteiger partial charge in [0.05, 0.1) is 31.0 Å². The molecule has 0 amide bonds. The van der Waals surface area contributed by atoms with Crippen LogP contribution in [0.15, 0.2) is 79.3 Å². The fourth-order valence-corrected chi connectivity index (χ4v) is 4.50. The molecule has 0 radical (unpaired) electrons. The zero-order chi connectivity index (χ0) is 31.4. The molecule has 3 aromatic carbocycles. The molecule has 1 aliphatic heterocycles. The average molecular weight is 617 g/mol. The van der Waals surface area contributed by atoms with Gasteiger partial charge < -0.3 is 39.5 Å². The van der Waals surface area contributed by atoms with Crippen molar-refractivity contribution in [1.82, 2.24) is 25.9 Å². The maximum absolute atomic E-state index is 12.8. The largest absolute Gasteiger partial charge is 0.487 e. The molecule has 2 heterocycles. The van der Waals surface area contributed by atoms with E-state index in [2.05, 4.69) is 26.2 Å². The number of benzene rings is 3. The Morgan fingerprint density at radius 1 is 0.933 bits per heavy atom. The van der Waals surface area contributed by atoms with Crippen LogP contribution in [-0.4, -0.2) is 79.3 Å². The lowest BCUT2D eigenvalue weighted by atomic mass is 10.1. The van der Waals surface area contributed by atoms with E-state index < -0.39 is 18.6 Å². The number of rotatable bonds is 16. The van der Waals surface area contributed by atoms with Crippen LogP contribution in [0.1, 0.15) is 11.1 Å². The first-order valence-corrected chi connectivity index (χ1v) is 14.3. The van der Waals surface area contributed by atoms with E-state index in [4.69, 9.17) is 23.7 Å². The minimum absolute atomic E-state index is 0.113. The molecule has 0 bridgehead atoms. The number of nitrogens with one attached hydrogen (secondary N) is 3. The standard InChI is InChI=1S/C32H36N6O7/c1-41-11-13-43-29-16-25-26(17-30(29)44-14-12-42-2)33-21-34-31(25)35-24-10-6-9-23(15-24)27-18-38(37-36-27)28(19-39)32(40)45-20-22-7-4-3-5-8-22/h3-10,15-18,21,28,36-37,39H,11-14,19-20H2,1-2H3,(H,33,34,35)/t28-/m1/s1. The van der Waals surface area contributed by atoms with Crippen LogP contribution in [0.25, 0.3) is 16.6 Å². The van der Waals surface area contributed by atoms with Gasteiger partial charge in [0.1, 0.15) is 32.0 Å². The lowest BCUT2D eigenvalue weighted by Crippen LogP contribution is -2.49. The molecule has 4 N–H and O–H groups in total. The number of methoxy groups -OCH3 is 2. The summed E-state index contributed by atoms with van der Waals surface area (Å²) in [5.41, 5.74) is 9.78. The molecule has 13 nitrogen and oxygen atoms in total. The van der Waals surface area contributed by atoms with Gasteiger partial charge in [-0.3, -0.25) is 5.01 Å². The van der Waals surface area contributed by atoms with Crippen molar-refractivity contribution >= 4 is 34.1 Å². The Bertz CT molecular complexity index is 1600.